The molecule has 0 aromatic carbocycles. The van der Waals surface area contributed by atoms with Crippen LogP contribution in [0.15, 0.2) is 33.5 Å². The zero-order chi connectivity index (χ0) is 17.6. The van der Waals surface area contributed by atoms with Gasteiger partial charge in [0.1, 0.15) is 4.21 Å². The predicted octanol–water partition coefficient (Wildman–Crippen LogP) is 2.89. The predicted molar refractivity (Wildman–Crippen MR) is 116 cm³/mol. The van der Waals surface area contributed by atoms with E-state index in [4.69, 9.17) is 5.14 Å². The second kappa shape index (κ2) is 10.5. The van der Waals surface area contributed by atoms with Gasteiger partial charge in [0, 0.05) is 21.2 Å². The van der Waals surface area contributed by atoms with Crippen molar-refractivity contribution < 1.29 is 8.42 Å². The van der Waals surface area contributed by atoms with Gasteiger partial charge in [0.25, 0.3) is 0 Å². The summed E-state index contributed by atoms with van der Waals surface area (Å²) in [5.41, 5.74) is 0. The van der Waals surface area contributed by atoms with Crippen molar-refractivity contribution >= 4 is 62.6 Å². The average molecular weight is 514 g/mol. The third-order valence-corrected chi connectivity index (χ3v) is 6.89. The van der Waals surface area contributed by atoms with Gasteiger partial charge in [-0.3, -0.25) is 0 Å². The Kier molecular flexibility index (Phi) is 9.35. The van der Waals surface area contributed by atoms with Crippen LogP contribution < -0.4 is 15.8 Å². The first-order valence-corrected chi connectivity index (χ1v) is 10.8. The SMILES string of the molecule is CCNC(=NCc1ccc(CC)s1)NCc1ccc(S(N)(=O)=O)s1.I. The molecular formula is C15H23IN4O2S3. The maximum Gasteiger partial charge on any atom is 0.247 e. The van der Waals surface area contributed by atoms with Crippen LogP contribution in [0.25, 0.3) is 0 Å². The van der Waals surface area contributed by atoms with Gasteiger partial charge < -0.3 is 10.6 Å². The molecule has 0 radical (unpaired) electrons. The topological polar surface area (TPSA) is 96.6 Å². The zero-order valence-corrected chi connectivity index (χ0v) is 18.9. The third-order valence-electron chi connectivity index (χ3n) is 3.15. The first-order valence-electron chi connectivity index (χ1n) is 7.63. The number of aliphatic imine (C=N–C) groups is 1. The third kappa shape index (κ3) is 7.21. The maximum atomic E-state index is 11.3. The number of hydrogen-bond donors (Lipinski definition) is 3. The van der Waals surface area contributed by atoms with Gasteiger partial charge in [-0.15, -0.1) is 46.7 Å². The van der Waals surface area contributed by atoms with Gasteiger partial charge >= 0.3 is 0 Å². The highest BCUT2D eigenvalue weighted by Gasteiger charge is 2.11. The monoisotopic (exact) mass is 514 g/mol. The minimum Gasteiger partial charge on any atom is -0.357 e. The summed E-state index contributed by atoms with van der Waals surface area (Å²) in [5.74, 6) is 0.703. The van der Waals surface area contributed by atoms with Crippen molar-refractivity contribution in [3.8, 4) is 0 Å². The van der Waals surface area contributed by atoms with Gasteiger partial charge in [-0.05, 0) is 37.6 Å². The lowest BCUT2D eigenvalue weighted by atomic mass is 10.4. The standard InChI is InChI=1S/C15H22N4O2S3.HI/c1-3-11-5-6-12(22-11)9-18-15(17-4-2)19-10-13-7-8-14(23-13)24(16,20)21;/h5-8H,3-4,9-10H2,1-2H3,(H2,16,20,21)(H2,17,18,19);1H. The molecule has 25 heavy (non-hydrogen) atoms. The fourth-order valence-corrected chi connectivity index (χ4v) is 4.57. The van der Waals surface area contributed by atoms with Crippen LogP contribution in [0.1, 0.15) is 28.5 Å². The molecule has 0 saturated carbocycles. The normalized spacial score (nSPS) is 11.9. The van der Waals surface area contributed by atoms with Crippen LogP contribution >= 0.6 is 46.7 Å². The number of thiophene rings is 2. The fraction of sp³-hybridized carbons (Fsp3) is 0.400. The minimum atomic E-state index is -3.63. The molecular weight excluding hydrogens is 491 g/mol. The number of hydrogen-bond acceptors (Lipinski definition) is 5. The molecule has 0 unspecified atom stereocenters. The van der Waals surface area contributed by atoms with Crippen molar-refractivity contribution in [3.05, 3.63) is 38.9 Å². The first kappa shape index (κ1) is 22.4. The molecule has 0 aliphatic heterocycles. The molecule has 0 aliphatic rings. The molecule has 2 aromatic rings. The summed E-state index contributed by atoms with van der Waals surface area (Å²) < 4.78 is 22.8. The van der Waals surface area contributed by atoms with Crippen LogP contribution in [0, 0.1) is 0 Å². The summed E-state index contributed by atoms with van der Waals surface area (Å²) in [6, 6.07) is 7.53. The molecule has 0 fully saturated rings. The number of sulfonamides is 1. The van der Waals surface area contributed by atoms with E-state index in [-0.39, 0.29) is 28.2 Å². The quantitative estimate of drug-likeness (QED) is 0.301. The van der Waals surface area contributed by atoms with Crippen LogP contribution in [0.5, 0.6) is 0 Å². The van der Waals surface area contributed by atoms with E-state index in [0.29, 0.717) is 19.0 Å². The Bertz CT molecular complexity index is 799. The van der Waals surface area contributed by atoms with Crippen molar-refractivity contribution in [2.75, 3.05) is 6.54 Å². The summed E-state index contributed by atoms with van der Waals surface area (Å²) in [7, 11) is -3.63. The molecule has 0 spiro atoms. The highest BCUT2D eigenvalue weighted by molar-refractivity contribution is 14.0. The number of nitrogens with one attached hydrogen (secondary N) is 2. The number of rotatable bonds is 7. The van der Waals surface area contributed by atoms with Crippen LogP contribution in [0.3, 0.4) is 0 Å². The smallest absolute Gasteiger partial charge is 0.247 e. The number of halogens is 1. The van der Waals surface area contributed by atoms with Crippen molar-refractivity contribution in [1.82, 2.24) is 10.6 Å². The largest absolute Gasteiger partial charge is 0.357 e. The summed E-state index contributed by atoms with van der Waals surface area (Å²) >= 11 is 2.94. The average Bonchev–Trinajstić information content (AvgIpc) is 3.18. The molecule has 2 heterocycles. The van der Waals surface area contributed by atoms with Crippen molar-refractivity contribution in [2.45, 2.75) is 37.6 Å². The molecule has 10 heteroatoms. The molecule has 0 saturated heterocycles. The first-order chi connectivity index (χ1) is 11.4. The van der Waals surface area contributed by atoms with Crippen molar-refractivity contribution in [2.24, 2.45) is 10.1 Å². The number of nitrogens with zero attached hydrogens (tertiary/aromatic N) is 1. The van der Waals surface area contributed by atoms with E-state index in [1.54, 1.807) is 17.4 Å². The van der Waals surface area contributed by atoms with E-state index < -0.39 is 10.0 Å². The Balaban J connectivity index is 0.00000312. The highest BCUT2D eigenvalue weighted by Crippen LogP contribution is 2.20. The van der Waals surface area contributed by atoms with Gasteiger partial charge in [-0.2, -0.15) is 0 Å². The molecule has 0 bridgehead atoms. The molecule has 0 aliphatic carbocycles. The molecule has 0 atom stereocenters. The van der Waals surface area contributed by atoms with E-state index in [9.17, 15) is 8.42 Å². The Labute approximate surface area is 174 Å². The molecule has 140 valence electrons. The number of nitrogens with two attached hydrogens (primary N) is 1. The van der Waals surface area contributed by atoms with E-state index in [1.165, 1.54) is 15.8 Å². The Morgan fingerprint density at radius 3 is 2.32 bits per heavy atom. The van der Waals surface area contributed by atoms with Gasteiger partial charge in [0.2, 0.25) is 10.0 Å². The number of aryl methyl sites for hydroxylation is 1. The van der Waals surface area contributed by atoms with Gasteiger partial charge in [0.15, 0.2) is 5.96 Å². The van der Waals surface area contributed by atoms with Gasteiger partial charge in [-0.1, -0.05) is 6.92 Å². The molecule has 2 aromatic heterocycles. The Morgan fingerprint density at radius 2 is 1.76 bits per heavy atom. The molecule has 4 N–H and O–H groups in total. The van der Waals surface area contributed by atoms with Gasteiger partial charge in [-0.25, -0.2) is 18.5 Å². The van der Waals surface area contributed by atoms with Crippen molar-refractivity contribution in [3.63, 3.8) is 0 Å². The summed E-state index contributed by atoms with van der Waals surface area (Å²) in [6.07, 6.45) is 1.04. The highest BCUT2D eigenvalue weighted by atomic mass is 127. The van der Waals surface area contributed by atoms with Crippen LogP contribution in [-0.4, -0.2) is 20.9 Å². The molecule has 2 rings (SSSR count). The maximum absolute atomic E-state index is 11.3. The number of guanidine groups is 1. The lowest BCUT2D eigenvalue weighted by Gasteiger charge is -2.10. The van der Waals surface area contributed by atoms with E-state index >= 15 is 0 Å². The van der Waals surface area contributed by atoms with Crippen LogP contribution in [0.2, 0.25) is 0 Å². The second-order valence-electron chi connectivity index (χ2n) is 5.04. The number of primary sulfonamides is 1. The van der Waals surface area contributed by atoms with Gasteiger partial charge in [0.05, 0.1) is 13.1 Å². The van der Waals surface area contributed by atoms with E-state index in [2.05, 4.69) is 34.7 Å². The lowest BCUT2D eigenvalue weighted by Crippen LogP contribution is -2.36. The summed E-state index contributed by atoms with van der Waals surface area (Å²) in [5, 5.41) is 11.5. The fourth-order valence-electron chi connectivity index (χ4n) is 1.97. The van der Waals surface area contributed by atoms with Crippen molar-refractivity contribution in [1.29, 1.82) is 0 Å². The van der Waals surface area contributed by atoms with Crippen LogP contribution in [0.4, 0.5) is 0 Å². The minimum absolute atomic E-state index is 0. The van der Waals surface area contributed by atoms with Crippen LogP contribution in [-0.2, 0) is 29.5 Å². The second-order valence-corrected chi connectivity index (χ2v) is 9.25. The summed E-state index contributed by atoms with van der Waals surface area (Å²) in [4.78, 5) is 8.02. The summed E-state index contributed by atoms with van der Waals surface area (Å²) in [6.45, 7) is 6.01. The molecule has 6 nitrogen and oxygen atoms in total. The Hall–Kier alpha value is -0.690. The van der Waals surface area contributed by atoms with E-state index in [1.807, 2.05) is 6.92 Å². The lowest BCUT2D eigenvalue weighted by molar-refractivity contribution is 0.600. The van der Waals surface area contributed by atoms with E-state index in [0.717, 1.165) is 29.2 Å². The zero-order valence-electron chi connectivity index (χ0n) is 14.1. The molecule has 0 amide bonds. The Morgan fingerprint density at radius 1 is 1.08 bits per heavy atom.